The van der Waals surface area contributed by atoms with Gasteiger partial charge in [-0.3, -0.25) is 4.79 Å². The standard InChI is InChI=1S/C8H11ClN4O2/c1-15-4-5(10)7(14)12-6-2-3-11-8(9)13-6/h2-3,5H,4,10H2,1H3,(H,11,12,13,14). The molecule has 6 nitrogen and oxygen atoms in total. The molecule has 0 aliphatic carbocycles. The first-order valence-electron chi connectivity index (χ1n) is 4.17. The third-order valence-corrected chi connectivity index (χ3v) is 1.74. The Morgan fingerprint density at radius 3 is 3.13 bits per heavy atom. The highest BCUT2D eigenvalue weighted by atomic mass is 35.5. The van der Waals surface area contributed by atoms with Gasteiger partial charge in [-0.05, 0) is 17.7 Å². The van der Waals surface area contributed by atoms with Gasteiger partial charge in [0, 0.05) is 13.3 Å². The van der Waals surface area contributed by atoms with E-state index in [1.807, 2.05) is 0 Å². The van der Waals surface area contributed by atoms with E-state index in [4.69, 9.17) is 22.1 Å². The van der Waals surface area contributed by atoms with E-state index < -0.39 is 6.04 Å². The number of ether oxygens (including phenoxy) is 1. The van der Waals surface area contributed by atoms with Gasteiger partial charge in [0.15, 0.2) is 0 Å². The second kappa shape index (κ2) is 5.59. The molecule has 3 N–H and O–H groups in total. The first kappa shape index (κ1) is 11.8. The van der Waals surface area contributed by atoms with E-state index >= 15 is 0 Å². The maximum atomic E-state index is 11.4. The monoisotopic (exact) mass is 230 g/mol. The second-order valence-electron chi connectivity index (χ2n) is 2.76. The normalized spacial score (nSPS) is 12.2. The number of carbonyl (C=O) groups is 1. The molecule has 1 amide bonds. The molecule has 0 saturated carbocycles. The van der Waals surface area contributed by atoms with Crippen LogP contribution in [0.3, 0.4) is 0 Å². The van der Waals surface area contributed by atoms with Crippen LogP contribution >= 0.6 is 11.6 Å². The number of halogens is 1. The van der Waals surface area contributed by atoms with Gasteiger partial charge in [-0.15, -0.1) is 0 Å². The molecule has 0 aliphatic heterocycles. The second-order valence-corrected chi connectivity index (χ2v) is 3.10. The number of anilines is 1. The van der Waals surface area contributed by atoms with Crippen LogP contribution in [0, 0.1) is 0 Å². The molecular weight excluding hydrogens is 220 g/mol. The Bertz CT molecular complexity index is 347. The third kappa shape index (κ3) is 3.78. The van der Waals surface area contributed by atoms with Gasteiger partial charge in [-0.25, -0.2) is 9.97 Å². The average molecular weight is 231 g/mol. The minimum absolute atomic E-state index is 0.0631. The van der Waals surface area contributed by atoms with Crippen LogP contribution in [-0.2, 0) is 9.53 Å². The molecule has 0 spiro atoms. The predicted molar refractivity (Wildman–Crippen MR) is 55.5 cm³/mol. The lowest BCUT2D eigenvalue weighted by Crippen LogP contribution is -2.39. The van der Waals surface area contributed by atoms with Crippen molar-refractivity contribution in [2.45, 2.75) is 6.04 Å². The zero-order chi connectivity index (χ0) is 11.3. The van der Waals surface area contributed by atoms with E-state index in [-0.39, 0.29) is 17.8 Å². The molecule has 15 heavy (non-hydrogen) atoms. The Labute approximate surface area is 91.8 Å². The Kier molecular flexibility index (Phi) is 4.41. The molecule has 1 aromatic heterocycles. The number of hydrogen-bond acceptors (Lipinski definition) is 5. The molecule has 1 aromatic rings. The fourth-order valence-corrected chi connectivity index (χ4v) is 1.03. The molecule has 0 aromatic carbocycles. The molecular formula is C8H11ClN4O2. The first-order chi connectivity index (χ1) is 7.13. The number of aromatic nitrogens is 2. The molecule has 0 fully saturated rings. The fraction of sp³-hybridized carbons (Fsp3) is 0.375. The average Bonchev–Trinajstić information content (AvgIpc) is 2.18. The van der Waals surface area contributed by atoms with Gasteiger partial charge in [0.25, 0.3) is 0 Å². The Balaban J connectivity index is 2.58. The number of carbonyl (C=O) groups excluding carboxylic acids is 1. The van der Waals surface area contributed by atoms with Crippen molar-refractivity contribution >= 4 is 23.3 Å². The summed E-state index contributed by atoms with van der Waals surface area (Å²) >= 11 is 5.54. The van der Waals surface area contributed by atoms with Crippen LogP contribution in [0.4, 0.5) is 5.82 Å². The molecule has 1 atom stereocenters. The predicted octanol–water partition coefficient (Wildman–Crippen LogP) is 0.0422. The summed E-state index contributed by atoms with van der Waals surface area (Å²) in [6.07, 6.45) is 1.44. The van der Waals surface area contributed by atoms with Crippen molar-refractivity contribution < 1.29 is 9.53 Å². The van der Waals surface area contributed by atoms with Crippen LogP contribution in [-0.4, -0.2) is 35.6 Å². The summed E-state index contributed by atoms with van der Waals surface area (Å²) in [5.74, 6) is -0.0711. The van der Waals surface area contributed by atoms with Gasteiger partial charge in [0.1, 0.15) is 11.9 Å². The van der Waals surface area contributed by atoms with Crippen molar-refractivity contribution in [1.29, 1.82) is 0 Å². The van der Waals surface area contributed by atoms with Gasteiger partial charge in [-0.1, -0.05) is 0 Å². The SMILES string of the molecule is COCC(N)C(=O)Nc1ccnc(Cl)n1. The van der Waals surface area contributed by atoms with E-state index in [1.54, 1.807) is 0 Å². The van der Waals surface area contributed by atoms with Crippen LogP contribution in [0.2, 0.25) is 5.28 Å². The van der Waals surface area contributed by atoms with E-state index in [1.165, 1.54) is 19.4 Å². The lowest BCUT2D eigenvalue weighted by atomic mass is 10.3. The minimum atomic E-state index is -0.733. The van der Waals surface area contributed by atoms with Gasteiger partial charge in [-0.2, -0.15) is 0 Å². The molecule has 1 heterocycles. The first-order valence-corrected chi connectivity index (χ1v) is 4.55. The summed E-state index contributed by atoms with van der Waals surface area (Å²) in [6.45, 7) is 0.144. The molecule has 1 rings (SSSR count). The van der Waals surface area contributed by atoms with Crippen LogP contribution in [0.1, 0.15) is 0 Å². The summed E-state index contributed by atoms with van der Waals surface area (Å²) in [6, 6.07) is 0.785. The number of hydrogen-bond donors (Lipinski definition) is 2. The van der Waals surface area contributed by atoms with Crippen LogP contribution in [0.25, 0.3) is 0 Å². The van der Waals surface area contributed by atoms with Gasteiger partial charge in [0.2, 0.25) is 11.2 Å². The molecule has 0 bridgehead atoms. The molecule has 7 heteroatoms. The maximum Gasteiger partial charge on any atom is 0.244 e. The molecule has 0 saturated heterocycles. The maximum absolute atomic E-state index is 11.4. The lowest BCUT2D eigenvalue weighted by Gasteiger charge is -2.10. The minimum Gasteiger partial charge on any atom is -0.383 e. The zero-order valence-corrected chi connectivity index (χ0v) is 8.86. The number of amides is 1. The molecule has 1 unspecified atom stereocenters. The summed E-state index contributed by atoms with van der Waals surface area (Å²) in [5, 5.41) is 2.55. The number of nitrogens with two attached hydrogens (primary N) is 1. The van der Waals surface area contributed by atoms with Crippen LogP contribution in [0.15, 0.2) is 12.3 Å². The van der Waals surface area contributed by atoms with E-state index in [0.29, 0.717) is 5.82 Å². The summed E-state index contributed by atoms with van der Waals surface area (Å²) in [5.41, 5.74) is 5.50. The third-order valence-electron chi connectivity index (χ3n) is 1.56. The Hall–Kier alpha value is -1.24. The number of rotatable bonds is 4. The highest BCUT2D eigenvalue weighted by Crippen LogP contribution is 2.05. The quantitative estimate of drug-likeness (QED) is 0.713. The van der Waals surface area contributed by atoms with Crippen LogP contribution in [0.5, 0.6) is 0 Å². The van der Waals surface area contributed by atoms with Crippen molar-refractivity contribution in [3.63, 3.8) is 0 Å². The van der Waals surface area contributed by atoms with Crippen molar-refractivity contribution in [3.8, 4) is 0 Å². The lowest BCUT2D eigenvalue weighted by molar-refractivity contribution is -0.118. The zero-order valence-electron chi connectivity index (χ0n) is 8.11. The Morgan fingerprint density at radius 1 is 1.80 bits per heavy atom. The van der Waals surface area contributed by atoms with E-state index in [0.717, 1.165) is 0 Å². The summed E-state index contributed by atoms with van der Waals surface area (Å²) in [4.78, 5) is 18.9. The number of nitrogens with zero attached hydrogens (tertiary/aromatic N) is 2. The molecule has 0 radical (unpaired) electrons. The number of methoxy groups -OCH3 is 1. The van der Waals surface area contributed by atoms with Crippen molar-refractivity contribution in [3.05, 3.63) is 17.5 Å². The number of nitrogens with one attached hydrogen (secondary N) is 1. The van der Waals surface area contributed by atoms with Crippen LogP contribution < -0.4 is 11.1 Å². The summed E-state index contributed by atoms with van der Waals surface area (Å²) in [7, 11) is 1.47. The van der Waals surface area contributed by atoms with E-state index in [9.17, 15) is 4.79 Å². The van der Waals surface area contributed by atoms with Gasteiger partial charge < -0.3 is 15.8 Å². The largest absolute Gasteiger partial charge is 0.383 e. The molecule has 82 valence electrons. The van der Waals surface area contributed by atoms with Crippen molar-refractivity contribution in [2.75, 3.05) is 19.0 Å². The van der Waals surface area contributed by atoms with Crippen molar-refractivity contribution in [2.24, 2.45) is 5.73 Å². The van der Waals surface area contributed by atoms with Gasteiger partial charge in [0.05, 0.1) is 6.61 Å². The van der Waals surface area contributed by atoms with E-state index in [2.05, 4.69) is 15.3 Å². The fourth-order valence-electron chi connectivity index (χ4n) is 0.879. The highest BCUT2D eigenvalue weighted by molar-refractivity contribution is 6.28. The topological polar surface area (TPSA) is 90.1 Å². The van der Waals surface area contributed by atoms with Crippen molar-refractivity contribution in [1.82, 2.24) is 9.97 Å². The molecule has 0 aliphatic rings. The summed E-state index contributed by atoms with van der Waals surface area (Å²) < 4.78 is 4.74. The Morgan fingerprint density at radius 2 is 2.53 bits per heavy atom. The smallest absolute Gasteiger partial charge is 0.244 e. The highest BCUT2D eigenvalue weighted by Gasteiger charge is 2.13. The van der Waals surface area contributed by atoms with Gasteiger partial charge >= 0.3 is 0 Å².